The zero-order valence-corrected chi connectivity index (χ0v) is 14.5. The van der Waals surface area contributed by atoms with Crippen molar-refractivity contribution < 1.29 is 9.59 Å². The summed E-state index contributed by atoms with van der Waals surface area (Å²) in [7, 11) is 0. The van der Waals surface area contributed by atoms with Crippen molar-refractivity contribution in [1.82, 2.24) is 14.8 Å². The van der Waals surface area contributed by atoms with E-state index in [1.165, 1.54) is 10.9 Å². The Labute approximate surface area is 147 Å². The lowest BCUT2D eigenvalue weighted by Gasteiger charge is -2.48. The van der Waals surface area contributed by atoms with Crippen LogP contribution in [0.5, 0.6) is 0 Å². The molecule has 5 rings (SSSR count). The van der Waals surface area contributed by atoms with Crippen LogP contribution in [-0.2, 0) is 16.0 Å². The summed E-state index contributed by atoms with van der Waals surface area (Å²) < 4.78 is 0. The normalized spacial score (nSPS) is 28.3. The molecule has 0 aliphatic carbocycles. The van der Waals surface area contributed by atoms with E-state index in [0.29, 0.717) is 6.42 Å². The summed E-state index contributed by atoms with van der Waals surface area (Å²) in [4.78, 5) is 33.7. The molecule has 3 aliphatic rings. The zero-order chi connectivity index (χ0) is 17.1. The maximum absolute atomic E-state index is 13.2. The fourth-order valence-corrected chi connectivity index (χ4v) is 5.09. The first kappa shape index (κ1) is 15.0. The minimum Gasteiger partial charge on any atom is -0.356 e. The Kier molecular flexibility index (Phi) is 3.21. The maximum atomic E-state index is 13.2. The van der Waals surface area contributed by atoms with Crippen molar-refractivity contribution in [2.75, 3.05) is 6.54 Å². The van der Waals surface area contributed by atoms with Gasteiger partial charge in [0.05, 0.1) is 6.04 Å². The smallest absolute Gasteiger partial charge is 0.246 e. The fraction of sp³-hybridized carbons (Fsp3) is 0.500. The monoisotopic (exact) mass is 337 g/mol. The van der Waals surface area contributed by atoms with Crippen molar-refractivity contribution >= 4 is 22.7 Å². The molecule has 0 saturated carbocycles. The molecule has 4 heterocycles. The third-order valence-electron chi connectivity index (χ3n) is 6.17. The number of amides is 2. The van der Waals surface area contributed by atoms with Crippen molar-refractivity contribution in [2.24, 2.45) is 0 Å². The number of benzene rings is 1. The molecule has 0 spiro atoms. The molecule has 25 heavy (non-hydrogen) atoms. The number of fused-ring (bicyclic) bond motifs is 5. The average molecular weight is 337 g/mol. The number of carbonyl (C=O) groups is 2. The van der Waals surface area contributed by atoms with E-state index >= 15 is 0 Å². The number of rotatable bonds is 2. The van der Waals surface area contributed by atoms with Crippen LogP contribution in [0.1, 0.15) is 49.9 Å². The summed E-state index contributed by atoms with van der Waals surface area (Å²) in [5.41, 5.74) is 3.48. The van der Waals surface area contributed by atoms with Gasteiger partial charge in [-0.2, -0.15) is 0 Å². The molecule has 3 aliphatic heterocycles. The van der Waals surface area contributed by atoms with Crippen molar-refractivity contribution in [3.63, 3.8) is 0 Å². The van der Waals surface area contributed by atoms with E-state index in [4.69, 9.17) is 0 Å². The van der Waals surface area contributed by atoms with Gasteiger partial charge in [-0.3, -0.25) is 9.59 Å². The SMILES string of the molecule is CCCC1c2[nH]c3ccccc3c2C[C@H]2C(=O)N3CCC[C@H]3C(=O)N12. The fourth-order valence-electron chi connectivity index (χ4n) is 5.09. The Hall–Kier alpha value is -2.30. The number of carbonyl (C=O) groups excluding carboxylic acids is 2. The van der Waals surface area contributed by atoms with E-state index in [-0.39, 0.29) is 29.9 Å². The first-order chi connectivity index (χ1) is 12.2. The van der Waals surface area contributed by atoms with E-state index in [1.54, 1.807) is 0 Å². The lowest BCUT2D eigenvalue weighted by Crippen LogP contribution is -2.65. The van der Waals surface area contributed by atoms with Crippen molar-refractivity contribution in [1.29, 1.82) is 0 Å². The number of nitrogens with zero attached hydrogens (tertiary/aromatic N) is 2. The summed E-state index contributed by atoms with van der Waals surface area (Å²) in [5, 5.41) is 1.20. The molecule has 2 amide bonds. The van der Waals surface area contributed by atoms with Crippen LogP contribution in [0, 0.1) is 0 Å². The number of aromatic amines is 1. The quantitative estimate of drug-likeness (QED) is 0.916. The molecule has 5 heteroatoms. The molecular formula is C20H23N3O2. The third-order valence-corrected chi connectivity index (χ3v) is 6.17. The molecule has 130 valence electrons. The van der Waals surface area contributed by atoms with Gasteiger partial charge in [0.2, 0.25) is 11.8 Å². The highest BCUT2D eigenvalue weighted by molar-refractivity contribution is 5.99. The van der Waals surface area contributed by atoms with Crippen LogP contribution in [0.25, 0.3) is 10.9 Å². The lowest BCUT2D eigenvalue weighted by molar-refractivity contribution is -0.163. The summed E-state index contributed by atoms with van der Waals surface area (Å²) in [6.45, 7) is 2.88. The molecule has 1 aromatic carbocycles. The molecule has 2 aromatic rings. The molecule has 1 unspecified atom stereocenters. The van der Waals surface area contributed by atoms with E-state index < -0.39 is 0 Å². The summed E-state index contributed by atoms with van der Waals surface area (Å²) in [6, 6.07) is 7.71. The molecule has 0 bridgehead atoms. The number of hydrogen-bond acceptors (Lipinski definition) is 2. The van der Waals surface area contributed by atoms with Gasteiger partial charge in [0.1, 0.15) is 12.1 Å². The predicted octanol–water partition coefficient (Wildman–Crippen LogP) is 2.77. The molecule has 0 radical (unpaired) electrons. The summed E-state index contributed by atoms with van der Waals surface area (Å²) >= 11 is 0. The second-order valence-electron chi connectivity index (χ2n) is 7.52. The van der Waals surface area contributed by atoms with Gasteiger partial charge < -0.3 is 14.8 Å². The number of para-hydroxylation sites is 1. The third kappa shape index (κ3) is 1.95. The maximum Gasteiger partial charge on any atom is 0.246 e. The van der Waals surface area contributed by atoms with Gasteiger partial charge in [0.15, 0.2) is 0 Å². The van der Waals surface area contributed by atoms with E-state index in [9.17, 15) is 9.59 Å². The van der Waals surface area contributed by atoms with Gasteiger partial charge >= 0.3 is 0 Å². The van der Waals surface area contributed by atoms with Crippen LogP contribution < -0.4 is 0 Å². The first-order valence-corrected chi connectivity index (χ1v) is 9.43. The van der Waals surface area contributed by atoms with Crippen molar-refractivity contribution in [3.8, 4) is 0 Å². The summed E-state index contributed by atoms with van der Waals surface area (Å²) in [6.07, 6.45) is 4.26. The van der Waals surface area contributed by atoms with E-state index in [2.05, 4.69) is 24.0 Å². The van der Waals surface area contributed by atoms with Gasteiger partial charge in [-0.05, 0) is 30.9 Å². The van der Waals surface area contributed by atoms with Gasteiger partial charge in [-0.1, -0.05) is 31.5 Å². The molecular weight excluding hydrogens is 314 g/mol. The number of H-pyrrole nitrogens is 1. The number of nitrogens with one attached hydrogen (secondary N) is 1. The van der Waals surface area contributed by atoms with Crippen LogP contribution in [0.3, 0.4) is 0 Å². The minimum atomic E-state index is -0.329. The topological polar surface area (TPSA) is 56.4 Å². The van der Waals surface area contributed by atoms with E-state index in [1.807, 2.05) is 21.9 Å². The molecule has 1 N–H and O–H groups in total. The van der Waals surface area contributed by atoms with Gasteiger partial charge in [0.25, 0.3) is 0 Å². The Morgan fingerprint density at radius 3 is 2.84 bits per heavy atom. The first-order valence-electron chi connectivity index (χ1n) is 9.43. The largest absolute Gasteiger partial charge is 0.356 e. The van der Waals surface area contributed by atoms with Crippen LogP contribution in [0.2, 0.25) is 0 Å². The van der Waals surface area contributed by atoms with Gasteiger partial charge in [-0.25, -0.2) is 0 Å². The molecule has 2 saturated heterocycles. The summed E-state index contributed by atoms with van der Waals surface area (Å²) in [5.74, 6) is 0.309. The van der Waals surface area contributed by atoms with Gasteiger partial charge in [-0.15, -0.1) is 0 Å². The minimum absolute atomic E-state index is 0.00894. The highest BCUT2D eigenvalue weighted by Crippen LogP contribution is 2.43. The Morgan fingerprint density at radius 2 is 2.00 bits per heavy atom. The van der Waals surface area contributed by atoms with Crippen LogP contribution >= 0.6 is 0 Å². The Morgan fingerprint density at radius 1 is 1.16 bits per heavy atom. The van der Waals surface area contributed by atoms with Crippen molar-refractivity contribution in [3.05, 3.63) is 35.5 Å². The second kappa shape index (κ2) is 5.35. The Bertz CT molecular complexity index is 871. The number of piperazine rings is 1. The van der Waals surface area contributed by atoms with Crippen LogP contribution in [0.15, 0.2) is 24.3 Å². The average Bonchev–Trinajstić information content (AvgIpc) is 3.25. The highest BCUT2D eigenvalue weighted by atomic mass is 16.2. The molecule has 5 nitrogen and oxygen atoms in total. The Balaban J connectivity index is 1.68. The lowest BCUT2D eigenvalue weighted by atomic mass is 9.86. The van der Waals surface area contributed by atoms with E-state index in [0.717, 1.165) is 43.4 Å². The molecule has 2 fully saturated rings. The van der Waals surface area contributed by atoms with Crippen molar-refractivity contribution in [2.45, 2.75) is 57.2 Å². The highest BCUT2D eigenvalue weighted by Gasteiger charge is 2.52. The predicted molar refractivity (Wildman–Crippen MR) is 95.0 cm³/mol. The number of hydrogen-bond donors (Lipinski definition) is 1. The zero-order valence-electron chi connectivity index (χ0n) is 14.5. The molecule has 3 atom stereocenters. The second-order valence-corrected chi connectivity index (χ2v) is 7.52. The molecule has 1 aromatic heterocycles. The van der Waals surface area contributed by atoms with Crippen LogP contribution in [0.4, 0.5) is 0 Å². The standard InChI is InChI=1S/C20H23N3O2/c1-2-6-15-18-13(12-7-3-4-8-14(12)21-18)11-17-19(24)22-10-5-9-16(22)20(25)23(15)17/h3-4,7-8,15-17,21H,2,5-6,9-11H2,1H3/t15?,16-,17-/m0/s1. The number of aromatic nitrogens is 1. The van der Waals surface area contributed by atoms with Gasteiger partial charge in [0, 0.05) is 29.6 Å². The van der Waals surface area contributed by atoms with Crippen LogP contribution in [-0.4, -0.2) is 45.2 Å².